The summed E-state index contributed by atoms with van der Waals surface area (Å²) in [7, 11) is 2.14. The molecule has 2 N–H and O–H groups in total. The molecule has 2 saturated heterocycles. The highest BCUT2D eigenvalue weighted by molar-refractivity contribution is 5.84. The molecule has 0 spiro atoms. The quantitative estimate of drug-likeness (QED) is 0.869. The van der Waals surface area contributed by atoms with Crippen molar-refractivity contribution in [2.75, 3.05) is 20.3 Å². The van der Waals surface area contributed by atoms with E-state index in [9.17, 15) is 15.0 Å². The molecule has 0 aromatic heterocycles. The fraction of sp³-hybridized carbons (Fsp3) is 0.409. The first-order valence-corrected chi connectivity index (χ1v) is 9.42. The average Bonchev–Trinajstić information content (AvgIpc) is 2.68. The lowest BCUT2D eigenvalue weighted by molar-refractivity contribution is -0.155. The van der Waals surface area contributed by atoms with Crippen LogP contribution in [0.4, 0.5) is 0 Å². The smallest absolute Gasteiger partial charge is 0.345 e. The van der Waals surface area contributed by atoms with E-state index in [0.29, 0.717) is 36.4 Å². The number of aliphatic carboxylic acids is 1. The zero-order valence-electron chi connectivity index (χ0n) is 15.4. The fourth-order valence-electron chi connectivity index (χ4n) is 4.61. The number of piperidine rings is 1. The summed E-state index contributed by atoms with van der Waals surface area (Å²) in [5.41, 5.74) is -0.290. The van der Waals surface area contributed by atoms with E-state index in [2.05, 4.69) is 11.9 Å². The van der Waals surface area contributed by atoms with Crippen molar-refractivity contribution in [3.8, 4) is 0 Å². The lowest BCUT2D eigenvalue weighted by Crippen LogP contribution is -2.54. The summed E-state index contributed by atoms with van der Waals surface area (Å²) in [6.07, 6.45) is 1.79. The van der Waals surface area contributed by atoms with Crippen molar-refractivity contribution in [3.63, 3.8) is 0 Å². The molecule has 2 aromatic carbocycles. The molecule has 0 amide bonds. The summed E-state index contributed by atoms with van der Waals surface area (Å²) in [6, 6.07) is 16.8. The van der Waals surface area contributed by atoms with Crippen LogP contribution in [0.1, 0.15) is 35.4 Å². The molecule has 142 valence electrons. The standard InChI is InChI=1S/C22H25NO4/c1-23-17-11-15(12-18(23)14-27-13-17)19-9-5-6-10-20(19)22(26,21(24)25)16-7-3-2-4-8-16/h2-10,15,17-18,26H,11-14H2,1H3,(H,24,25). The Hall–Kier alpha value is -2.21. The van der Waals surface area contributed by atoms with Crippen molar-refractivity contribution in [3.05, 3.63) is 71.3 Å². The molecule has 5 heteroatoms. The van der Waals surface area contributed by atoms with Crippen LogP contribution in [0, 0.1) is 0 Å². The van der Waals surface area contributed by atoms with Gasteiger partial charge in [-0.1, -0.05) is 54.6 Å². The number of hydrogen-bond acceptors (Lipinski definition) is 4. The molecular weight excluding hydrogens is 342 g/mol. The Morgan fingerprint density at radius 1 is 1.04 bits per heavy atom. The summed E-state index contributed by atoms with van der Waals surface area (Å²) in [5.74, 6) is -1.05. The predicted molar refractivity (Wildman–Crippen MR) is 102 cm³/mol. The Labute approximate surface area is 159 Å². The van der Waals surface area contributed by atoms with Gasteiger partial charge < -0.3 is 14.9 Å². The number of hydrogen-bond donors (Lipinski definition) is 2. The highest BCUT2D eigenvalue weighted by Gasteiger charge is 2.44. The normalized spacial score (nSPS) is 27.7. The second-order valence-electron chi connectivity index (χ2n) is 7.65. The molecule has 3 unspecified atom stereocenters. The third-order valence-corrected chi connectivity index (χ3v) is 6.18. The molecule has 4 rings (SSSR count). The SMILES string of the molecule is CN1C2COCC1CC(c1ccccc1C(O)(C(=O)O)c1ccccc1)C2. The van der Waals surface area contributed by atoms with E-state index in [4.69, 9.17) is 4.74 Å². The first-order chi connectivity index (χ1) is 13.0. The van der Waals surface area contributed by atoms with Gasteiger partial charge in [0, 0.05) is 17.6 Å². The zero-order chi connectivity index (χ0) is 19.0. The van der Waals surface area contributed by atoms with Crippen LogP contribution >= 0.6 is 0 Å². The molecule has 2 aliphatic heterocycles. The molecule has 27 heavy (non-hydrogen) atoms. The van der Waals surface area contributed by atoms with Gasteiger partial charge >= 0.3 is 5.97 Å². The summed E-state index contributed by atoms with van der Waals surface area (Å²) < 4.78 is 5.71. The Balaban J connectivity index is 1.78. The van der Waals surface area contributed by atoms with E-state index in [-0.39, 0.29) is 5.92 Å². The molecule has 2 aromatic rings. The molecule has 2 fully saturated rings. The van der Waals surface area contributed by atoms with Crippen molar-refractivity contribution in [2.24, 2.45) is 0 Å². The van der Waals surface area contributed by atoms with E-state index in [1.807, 2.05) is 18.2 Å². The minimum atomic E-state index is -2.06. The molecule has 0 radical (unpaired) electrons. The summed E-state index contributed by atoms with van der Waals surface area (Å²) in [5, 5.41) is 21.4. The molecular formula is C22H25NO4. The predicted octanol–water partition coefficient (Wildman–Crippen LogP) is 2.58. The number of aliphatic hydroxyl groups is 1. The number of morpholine rings is 1. The summed E-state index contributed by atoms with van der Waals surface area (Å²) in [6.45, 7) is 1.40. The van der Waals surface area contributed by atoms with Crippen LogP contribution in [-0.2, 0) is 15.1 Å². The number of carboxylic acids is 1. The van der Waals surface area contributed by atoms with E-state index in [1.54, 1.807) is 36.4 Å². The fourth-order valence-corrected chi connectivity index (χ4v) is 4.61. The Kier molecular flexibility index (Phi) is 4.76. The molecule has 3 atom stereocenters. The van der Waals surface area contributed by atoms with Gasteiger partial charge in [0.25, 0.3) is 0 Å². The van der Waals surface area contributed by atoms with Gasteiger partial charge in [-0.3, -0.25) is 4.90 Å². The van der Waals surface area contributed by atoms with Crippen molar-refractivity contribution < 1.29 is 19.7 Å². The van der Waals surface area contributed by atoms with Crippen LogP contribution in [0.3, 0.4) is 0 Å². The van der Waals surface area contributed by atoms with Gasteiger partial charge in [-0.05, 0) is 36.9 Å². The van der Waals surface area contributed by atoms with Crippen LogP contribution in [0.25, 0.3) is 0 Å². The molecule has 5 nitrogen and oxygen atoms in total. The lowest BCUT2D eigenvalue weighted by atomic mass is 9.75. The summed E-state index contributed by atoms with van der Waals surface area (Å²) in [4.78, 5) is 14.6. The Bertz CT molecular complexity index is 810. The van der Waals surface area contributed by atoms with Crippen LogP contribution in [0.15, 0.2) is 54.6 Å². The van der Waals surface area contributed by atoms with Gasteiger partial charge in [0.15, 0.2) is 0 Å². The van der Waals surface area contributed by atoms with E-state index in [0.717, 1.165) is 18.4 Å². The third kappa shape index (κ3) is 3.06. The van der Waals surface area contributed by atoms with Gasteiger partial charge in [0.05, 0.1) is 13.2 Å². The first kappa shape index (κ1) is 18.2. The lowest BCUT2D eigenvalue weighted by Gasteiger charge is -2.47. The molecule has 2 aliphatic rings. The number of rotatable bonds is 4. The van der Waals surface area contributed by atoms with Crippen molar-refractivity contribution >= 4 is 5.97 Å². The monoisotopic (exact) mass is 367 g/mol. The van der Waals surface area contributed by atoms with Gasteiger partial charge in [0.2, 0.25) is 5.60 Å². The largest absolute Gasteiger partial charge is 0.479 e. The van der Waals surface area contributed by atoms with Gasteiger partial charge in [0.1, 0.15) is 0 Å². The van der Waals surface area contributed by atoms with E-state index < -0.39 is 11.6 Å². The molecule has 2 heterocycles. The minimum Gasteiger partial charge on any atom is -0.479 e. The topological polar surface area (TPSA) is 70.0 Å². The van der Waals surface area contributed by atoms with Crippen molar-refractivity contribution in [2.45, 2.75) is 36.4 Å². The Morgan fingerprint density at radius 2 is 1.63 bits per heavy atom. The van der Waals surface area contributed by atoms with Gasteiger partial charge in [-0.15, -0.1) is 0 Å². The second kappa shape index (κ2) is 7.08. The molecule has 0 saturated carbocycles. The van der Waals surface area contributed by atoms with Gasteiger partial charge in [-0.2, -0.15) is 0 Å². The first-order valence-electron chi connectivity index (χ1n) is 9.42. The summed E-state index contributed by atoms with van der Waals surface area (Å²) >= 11 is 0. The van der Waals surface area contributed by atoms with Crippen molar-refractivity contribution in [1.29, 1.82) is 0 Å². The number of ether oxygens (including phenoxy) is 1. The number of carboxylic acid groups (broad SMARTS) is 1. The van der Waals surface area contributed by atoms with E-state index >= 15 is 0 Å². The average molecular weight is 367 g/mol. The van der Waals surface area contributed by atoms with Crippen LogP contribution in [0.2, 0.25) is 0 Å². The highest BCUT2D eigenvalue weighted by Crippen LogP contribution is 2.42. The minimum absolute atomic E-state index is 0.200. The Morgan fingerprint density at radius 3 is 2.26 bits per heavy atom. The number of likely N-dealkylation sites (N-methyl/N-ethyl adjacent to an activating group) is 1. The third-order valence-electron chi connectivity index (χ3n) is 6.18. The maximum Gasteiger partial charge on any atom is 0.345 e. The van der Waals surface area contributed by atoms with Crippen LogP contribution < -0.4 is 0 Å². The maximum absolute atomic E-state index is 12.2. The zero-order valence-corrected chi connectivity index (χ0v) is 15.4. The maximum atomic E-state index is 12.2. The molecule has 0 aliphatic carbocycles. The number of nitrogens with zero attached hydrogens (tertiary/aromatic N) is 1. The second-order valence-corrected chi connectivity index (χ2v) is 7.65. The van der Waals surface area contributed by atoms with Crippen LogP contribution in [-0.4, -0.2) is 53.4 Å². The molecule has 2 bridgehead atoms. The highest BCUT2D eigenvalue weighted by atomic mass is 16.5. The number of fused-ring (bicyclic) bond motifs is 2. The van der Waals surface area contributed by atoms with Gasteiger partial charge in [-0.25, -0.2) is 4.79 Å². The number of benzene rings is 2. The van der Waals surface area contributed by atoms with E-state index in [1.165, 1.54) is 0 Å². The van der Waals surface area contributed by atoms with Crippen molar-refractivity contribution in [1.82, 2.24) is 4.90 Å². The number of carbonyl (C=O) groups is 1. The van der Waals surface area contributed by atoms with Crippen LogP contribution in [0.5, 0.6) is 0 Å².